The van der Waals surface area contributed by atoms with Gasteiger partial charge in [-0.05, 0) is 49.4 Å². The van der Waals surface area contributed by atoms with Gasteiger partial charge in [-0.2, -0.15) is 0 Å². The van der Waals surface area contributed by atoms with Crippen LogP contribution in [0.15, 0.2) is 24.3 Å². The third-order valence-corrected chi connectivity index (χ3v) is 4.53. The van der Waals surface area contributed by atoms with Crippen LogP contribution in [0.3, 0.4) is 0 Å². The van der Waals surface area contributed by atoms with Gasteiger partial charge in [0.1, 0.15) is 5.75 Å². The molecule has 0 aromatic heterocycles. The molecule has 0 heterocycles. The van der Waals surface area contributed by atoms with E-state index in [-0.39, 0.29) is 0 Å². The van der Waals surface area contributed by atoms with Gasteiger partial charge in [0.2, 0.25) is 0 Å². The summed E-state index contributed by atoms with van der Waals surface area (Å²) in [6.07, 6.45) is 9.56. The second-order valence-corrected chi connectivity index (χ2v) is 6.03. The van der Waals surface area contributed by atoms with E-state index in [2.05, 4.69) is 36.5 Å². The average molecular weight is 275 g/mol. The lowest BCUT2D eigenvalue weighted by Gasteiger charge is -2.21. The molecule has 2 heteroatoms. The molecule has 1 aromatic carbocycles. The zero-order valence-electron chi connectivity index (χ0n) is 13.0. The van der Waals surface area contributed by atoms with Crippen molar-refractivity contribution in [3.8, 4) is 5.75 Å². The molecular weight excluding hydrogens is 246 g/mol. The third-order valence-electron chi connectivity index (χ3n) is 4.53. The van der Waals surface area contributed by atoms with Gasteiger partial charge in [0.25, 0.3) is 0 Å². The van der Waals surface area contributed by atoms with Crippen LogP contribution in [0, 0.1) is 5.92 Å². The maximum Gasteiger partial charge on any atom is 0.118 e. The summed E-state index contributed by atoms with van der Waals surface area (Å²) in [5, 5.41) is 3.68. The Kier molecular flexibility index (Phi) is 6.38. The van der Waals surface area contributed by atoms with Crippen molar-refractivity contribution in [2.24, 2.45) is 5.92 Å². The molecule has 1 atom stereocenters. The van der Waals surface area contributed by atoms with E-state index in [1.54, 1.807) is 7.11 Å². The summed E-state index contributed by atoms with van der Waals surface area (Å²) >= 11 is 0. The molecule has 1 aromatic rings. The van der Waals surface area contributed by atoms with Crippen LogP contribution < -0.4 is 10.1 Å². The van der Waals surface area contributed by atoms with E-state index in [0.717, 1.165) is 24.6 Å². The molecule has 2 nitrogen and oxygen atoms in total. The van der Waals surface area contributed by atoms with E-state index >= 15 is 0 Å². The summed E-state index contributed by atoms with van der Waals surface area (Å²) in [5.74, 6) is 1.91. The van der Waals surface area contributed by atoms with Crippen LogP contribution in [0.1, 0.15) is 51.0 Å². The minimum Gasteiger partial charge on any atom is -0.497 e. The molecule has 0 spiro atoms. The number of methoxy groups -OCH3 is 1. The Labute approximate surface area is 123 Å². The summed E-state index contributed by atoms with van der Waals surface area (Å²) in [6.45, 7) is 3.30. The van der Waals surface area contributed by atoms with Crippen LogP contribution in [-0.2, 0) is 6.42 Å². The lowest BCUT2D eigenvalue weighted by molar-refractivity contribution is 0.376. The first-order chi connectivity index (χ1) is 9.81. The predicted molar refractivity (Wildman–Crippen MR) is 85.4 cm³/mol. The van der Waals surface area contributed by atoms with Gasteiger partial charge in [-0.1, -0.05) is 44.7 Å². The summed E-state index contributed by atoms with van der Waals surface area (Å²) in [4.78, 5) is 0. The van der Waals surface area contributed by atoms with Gasteiger partial charge in [-0.25, -0.2) is 0 Å². The first-order valence-electron chi connectivity index (χ1n) is 8.18. The lowest BCUT2D eigenvalue weighted by Crippen LogP contribution is -2.31. The summed E-state index contributed by atoms with van der Waals surface area (Å²) in [5.41, 5.74) is 1.42. The average Bonchev–Trinajstić information content (AvgIpc) is 2.98. The molecule has 0 saturated heterocycles. The summed E-state index contributed by atoms with van der Waals surface area (Å²) in [6, 6.07) is 9.20. The van der Waals surface area contributed by atoms with Crippen LogP contribution >= 0.6 is 0 Å². The van der Waals surface area contributed by atoms with Crippen molar-refractivity contribution in [2.45, 2.75) is 57.9 Å². The maximum atomic E-state index is 5.21. The molecule has 0 bridgehead atoms. The van der Waals surface area contributed by atoms with Crippen LogP contribution in [-0.4, -0.2) is 19.7 Å². The molecule has 1 saturated carbocycles. The molecule has 1 N–H and O–H groups in total. The molecule has 0 aliphatic heterocycles. The number of hydrogen-bond donors (Lipinski definition) is 1. The molecule has 112 valence electrons. The van der Waals surface area contributed by atoms with E-state index in [4.69, 9.17) is 4.74 Å². The van der Waals surface area contributed by atoms with Crippen LogP contribution in [0.2, 0.25) is 0 Å². The largest absolute Gasteiger partial charge is 0.497 e. The minimum atomic E-state index is 0.685. The summed E-state index contributed by atoms with van der Waals surface area (Å²) < 4.78 is 5.21. The van der Waals surface area contributed by atoms with Gasteiger partial charge >= 0.3 is 0 Å². The highest BCUT2D eigenvalue weighted by Gasteiger charge is 2.19. The van der Waals surface area contributed by atoms with Crippen LogP contribution in [0.25, 0.3) is 0 Å². The van der Waals surface area contributed by atoms with Crippen molar-refractivity contribution in [3.63, 3.8) is 0 Å². The number of nitrogens with one attached hydrogen (secondary N) is 1. The molecule has 2 rings (SSSR count). The van der Waals surface area contributed by atoms with E-state index in [9.17, 15) is 0 Å². The van der Waals surface area contributed by atoms with Crippen LogP contribution in [0.4, 0.5) is 0 Å². The van der Waals surface area contributed by atoms with Gasteiger partial charge < -0.3 is 10.1 Å². The van der Waals surface area contributed by atoms with E-state index in [0.29, 0.717) is 6.04 Å². The minimum absolute atomic E-state index is 0.685. The van der Waals surface area contributed by atoms with Crippen molar-refractivity contribution in [1.82, 2.24) is 5.32 Å². The van der Waals surface area contributed by atoms with Gasteiger partial charge in [0, 0.05) is 6.04 Å². The normalized spacial score (nSPS) is 17.3. The van der Waals surface area contributed by atoms with Gasteiger partial charge in [0.05, 0.1) is 7.11 Å². The van der Waals surface area contributed by atoms with Crippen molar-refractivity contribution in [2.75, 3.05) is 13.7 Å². The Bertz CT molecular complexity index is 368. The number of rotatable bonds is 8. The quantitative estimate of drug-likeness (QED) is 0.768. The van der Waals surface area contributed by atoms with E-state index in [1.807, 2.05) is 0 Å². The fourth-order valence-electron chi connectivity index (χ4n) is 3.37. The van der Waals surface area contributed by atoms with Crippen molar-refractivity contribution in [1.29, 1.82) is 0 Å². The molecular formula is C18H29NO. The van der Waals surface area contributed by atoms with Gasteiger partial charge in [-0.15, -0.1) is 0 Å². The first kappa shape index (κ1) is 15.4. The number of hydrogen-bond acceptors (Lipinski definition) is 2. The SMILES string of the molecule is CCNC(CCc1ccc(OC)cc1)CC1CCCC1. The zero-order chi connectivity index (χ0) is 14.2. The molecule has 1 fully saturated rings. The van der Waals surface area contributed by atoms with Crippen molar-refractivity contribution in [3.05, 3.63) is 29.8 Å². The highest BCUT2D eigenvalue weighted by atomic mass is 16.5. The van der Waals surface area contributed by atoms with Crippen molar-refractivity contribution < 1.29 is 4.74 Å². The predicted octanol–water partition coefficient (Wildman–Crippen LogP) is 4.19. The van der Waals surface area contributed by atoms with Gasteiger partial charge in [-0.3, -0.25) is 0 Å². The summed E-state index contributed by atoms with van der Waals surface area (Å²) in [7, 11) is 1.72. The number of aryl methyl sites for hydroxylation is 1. The number of benzene rings is 1. The smallest absolute Gasteiger partial charge is 0.118 e. The Hall–Kier alpha value is -1.02. The maximum absolute atomic E-state index is 5.21. The Morgan fingerprint density at radius 3 is 2.50 bits per heavy atom. The Morgan fingerprint density at radius 2 is 1.90 bits per heavy atom. The standard InChI is InChI=1S/C18H29NO/c1-3-19-17(14-16-6-4-5-7-16)11-8-15-9-12-18(20-2)13-10-15/h9-10,12-13,16-17,19H,3-8,11,14H2,1-2H3. The fourth-order valence-corrected chi connectivity index (χ4v) is 3.37. The highest BCUT2D eigenvalue weighted by Crippen LogP contribution is 2.29. The zero-order valence-corrected chi connectivity index (χ0v) is 13.0. The molecule has 1 unspecified atom stereocenters. The molecule has 0 radical (unpaired) electrons. The fraction of sp³-hybridized carbons (Fsp3) is 0.667. The monoisotopic (exact) mass is 275 g/mol. The molecule has 0 amide bonds. The Morgan fingerprint density at radius 1 is 1.20 bits per heavy atom. The Balaban J connectivity index is 1.80. The molecule has 1 aliphatic rings. The lowest BCUT2D eigenvalue weighted by atomic mass is 9.94. The molecule has 20 heavy (non-hydrogen) atoms. The second-order valence-electron chi connectivity index (χ2n) is 6.03. The third kappa shape index (κ3) is 4.82. The molecule has 1 aliphatic carbocycles. The number of ether oxygens (including phenoxy) is 1. The topological polar surface area (TPSA) is 21.3 Å². The van der Waals surface area contributed by atoms with Crippen LogP contribution in [0.5, 0.6) is 5.75 Å². The van der Waals surface area contributed by atoms with E-state index < -0.39 is 0 Å². The van der Waals surface area contributed by atoms with Gasteiger partial charge in [0.15, 0.2) is 0 Å². The highest BCUT2D eigenvalue weighted by molar-refractivity contribution is 5.27. The van der Waals surface area contributed by atoms with E-state index in [1.165, 1.54) is 44.1 Å². The second kappa shape index (κ2) is 8.31. The van der Waals surface area contributed by atoms with Crippen molar-refractivity contribution >= 4 is 0 Å². The first-order valence-corrected chi connectivity index (χ1v) is 8.18.